The highest BCUT2D eigenvalue weighted by Gasteiger charge is 1.99. The van der Waals surface area contributed by atoms with Crippen LogP contribution in [0.2, 0.25) is 0 Å². The van der Waals surface area contributed by atoms with Crippen LogP contribution in [0.1, 0.15) is 24.0 Å². The molecule has 1 N–H and O–H groups in total. The summed E-state index contributed by atoms with van der Waals surface area (Å²) in [5, 5.41) is 9.71. The lowest BCUT2D eigenvalue weighted by Crippen LogP contribution is -1.86. The first-order chi connectivity index (χ1) is 8.25. The summed E-state index contributed by atoms with van der Waals surface area (Å²) < 4.78 is 0. The Labute approximate surface area is 103 Å². The lowest BCUT2D eigenvalue weighted by atomic mass is 10.0. The van der Waals surface area contributed by atoms with Crippen molar-refractivity contribution < 1.29 is 5.11 Å². The molecule has 0 amide bonds. The summed E-state index contributed by atoms with van der Waals surface area (Å²) in [5.74, 6) is 0.387. The Kier molecular flexibility index (Phi) is 3.81. The Balaban J connectivity index is 2.02. The number of allylic oxidation sites excluding steroid dienone is 6. The van der Waals surface area contributed by atoms with Gasteiger partial charge in [0.05, 0.1) is 0 Å². The van der Waals surface area contributed by atoms with E-state index in [0.717, 1.165) is 24.8 Å². The van der Waals surface area contributed by atoms with Gasteiger partial charge in [0, 0.05) is 0 Å². The number of aromatic hydroxyl groups is 1. The molecule has 88 valence electrons. The number of aryl methyl sites for hydroxylation is 1. The zero-order chi connectivity index (χ0) is 12.1. The summed E-state index contributed by atoms with van der Waals surface area (Å²) in [7, 11) is 0. The van der Waals surface area contributed by atoms with Crippen LogP contribution in [-0.4, -0.2) is 5.11 Å². The zero-order valence-electron chi connectivity index (χ0n) is 10.2. The fourth-order valence-corrected chi connectivity index (χ4v) is 1.98. The van der Waals surface area contributed by atoms with E-state index in [-0.39, 0.29) is 0 Å². The zero-order valence-corrected chi connectivity index (χ0v) is 10.2. The second-order valence-electron chi connectivity index (χ2n) is 4.45. The molecule has 1 aliphatic carbocycles. The summed E-state index contributed by atoms with van der Waals surface area (Å²) in [6.45, 7) is 2.04. The molecule has 0 saturated heterocycles. The molecule has 1 nitrogen and oxygen atoms in total. The highest BCUT2D eigenvalue weighted by atomic mass is 16.3. The summed E-state index contributed by atoms with van der Waals surface area (Å²) in [5.41, 5.74) is 3.54. The van der Waals surface area contributed by atoms with E-state index in [1.165, 1.54) is 11.1 Å². The largest absolute Gasteiger partial charge is 0.508 e. The van der Waals surface area contributed by atoms with E-state index in [0.29, 0.717) is 5.75 Å². The molecule has 0 saturated carbocycles. The molecule has 0 unspecified atom stereocenters. The Morgan fingerprint density at radius 3 is 3.00 bits per heavy atom. The van der Waals surface area contributed by atoms with E-state index >= 15 is 0 Å². The van der Waals surface area contributed by atoms with Gasteiger partial charge in [-0.1, -0.05) is 48.1 Å². The van der Waals surface area contributed by atoms with Gasteiger partial charge >= 0.3 is 0 Å². The minimum absolute atomic E-state index is 0.387. The fraction of sp³-hybridized carbons (Fsp3) is 0.250. The number of hydrogen-bond acceptors (Lipinski definition) is 1. The SMILES string of the molecule is Cc1ccc(O)c(CC=CC2=CC=CCC2)c1. The molecule has 0 aliphatic heterocycles. The van der Waals surface area contributed by atoms with Crippen LogP contribution in [0.15, 0.2) is 54.2 Å². The van der Waals surface area contributed by atoms with Crippen LogP contribution >= 0.6 is 0 Å². The van der Waals surface area contributed by atoms with Crippen molar-refractivity contribution in [3.8, 4) is 5.75 Å². The Morgan fingerprint density at radius 2 is 2.24 bits per heavy atom. The Morgan fingerprint density at radius 1 is 1.35 bits per heavy atom. The standard InChI is InChI=1S/C16H18O/c1-13-10-11-16(17)15(12-13)9-5-8-14-6-3-2-4-7-14/h2-3,5-6,8,10-12,17H,4,7,9H2,1H3. The van der Waals surface area contributed by atoms with Crippen molar-refractivity contribution in [3.05, 3.63) is 65.3 Å². The van der Waals surface area contributed by atoms with Crippen LogP contribution in [0, 0.1) is 6.92 Å². The van der Waals surface area contributed by atoms with Gasteiger partial charge in [-0.2, -0.15) is 0 Å². The van der Waals surface area contributed by atoms with Crippen molar-refractivity contribution in [2.45, 2.75) is 26.2 Å². The van der Waals surface area contributed by atoms with E-state index in [1.54, 1.807) is 6.07 Å². The molecule has 0 heterocycles. The van der Waals surface area contributed by atoms with E-state index < -0.39 is 0 Å². The third-order valence-corrected chi connectivity index (χ3v) is 2.95. The summed E-state index contributed by atoms with van der Waals surface area (Å²) in [4.78, 5) is 0. The molecule has 1 aromatic carbocycles. The first-order valence-corrected chi connectivity index (χ1v) is 6.06. The first-order valence-electron chi connectivity index (χ1n) is 6.06. The monoisotopic (exact) mass is 226 g/mol. The number of hydrogen-bond donors (Lipinski definition) is 1. The number of phenolic OH excluding ortho intramolecular Hbond substituents is 1. The van der Waals surface area contributed by atoms with Crippen molar-refractivity contribution in [1.29, 1.82) is 0 Å². The second kappa shape index (κ2) is 5.53. The molecule has 1 heteroatoms. The molecule has 1 aliphatic rings. The first kappa shape index (κ1) is 11.7. The average molecular weight is 226 g/mol. The average Bonchev–Trinajstić information content (AvgIpc) is 2.35. The fourth-order valence-electron chi connectivity index (χ4n) is 1.98. The van der Waals surface area contributed by atoms with Gasteiger partial charge in [0.1, 0.15) is 5.75 Å². The predicted octanol–water partition coefficient (Wildman–Crippen LogP) is 4.08. The number of phenols is 1. The van der Waals surface area contributed by atoms with Gasteiger partial charge in [0.2, 0.25) is 0 Å². The van der Waals surface area contributed by atoms with Gasteiger partial charge < -0.3 is 5.11 Å². The summed E-state index contributed by atoms with van der Waals surface area (Å²) >= 11 is 0. The Bertz CT molecular complexity index is 478. The van der Waals surface area contributed by atoms with Crippen LogP contribution in [-0.2, 0) is 6.42 Å². The molecular formula is C16H18O. The number of benzene rings is 1. The normalized spacial score (nSPS) is 15.2. The van der Waals surface area contributed by atoms with E-state index in [2.05, 4.69) is 30.4 Å². The van der Waals surface area contributed by atoms with Gasteiger partial charge in [-0.15, -0.1) is 0 Å². The van der Waals surface area contributed by atoms with Gasteiger partial charge in [-0.05, 0) is 43.4 Å². The third kappa shape index (κ3) is 3.35. The van der Waals surface area contributed by atoms with Crippen molar-refractivity contribution in [3.63, 3.8) is 0 Å². The van der Waals surface area contributed by atoms with Crippen molar-refractivity contribution >= 4 is 0 Å². The van der Waals surface area contributed by atoms with Gasteiger partial charge in [0.15, 0.2) is 0 Å². The van der Waals surface area contributed by atoms with Gasteiger partial charge in [-0.3, -0.25) is 0 Å². The van der Waals surface area contributed by atoms with Crippen LogP contribution < -0.4 is 0 Å². The van der Waals surface area contributed by atoms with Crippen LogP contribution in [0.5, 0.6) is 5.75 Å². The molecule has 0 aromatic heterocycles. The molecule has 0 bridgehead atoms. The Hall–Kier alpha value is -1.76. The maximum Gasteiger partial charge on any atom is 0.119 e. The minimum atomic E-state index is 0.387. The van der Waals surface area contributed by atoms with E-state index in [9.17, 15) is 5.11 Å². The van der Waals surface area contributed by atoms with Gasteiger partial charge in [0.25, 0.3) is 0 Å². The van der Waals surface area contributed by atoms with Crippen molar-refractivity contribution in [1.82, 2.24) is 0 Å². The maximum atomic E-state index is 9.71. The van der Waals surface area contributed by atoms with Crippen LogP contribution in [0.3, 0.4) is 0 Å². The molecule has 1 aromatic rings. The molecule has 17 heavy (non-hydrogen) atoms. The lowest BCUT2D eigenvalue weighted by Gasteiger charge is -2.04. The molecule has 0 fully saturated rings. The van der Waals surface area contributed by atoms with Gasteiger partial charge in [-0.25, -0.2) is 0 Å². The summed E-state index contributed by atoms with van der Waals surface area (Å²) in [6.07, 6.45) is 13.8. The highest BCUT2D eigenvalue weighted by molar-refractivity contribution is 5.37. The summed E-state index contributed by atoms with van der Waals surface area (Å²) in [6, 6.07) is 5.73. The van der Waals surface area contributed by atoms with Crippen LogP contribution in [0.4, 0.5) is 0 Å². The topological polar surface area (TPSA) is 20.2 Å². The minimum Gasteiger partial charge on any atom is -0.508 e. The van der Waals surface area contributed by atoms with Crippen molar-refractivity contribution in [2.24, 2.45) is 0 Å². The van der Waals surface area contributed by atoms with Crippen molar-refractivity contribution in [2.75, 3.05) is 0 Å². The predicted molar refractivity (Wildman–Crippen MR) is 72.1 cm³/mol. The molecule has 0 spiro atoms. The molecule has 2 rings (SSSR count). The maximum absolute atomic E-state index is 9.71. The van der Waals surface area contributed by atoms with E-state index in [4.69, 9.17) is 0 Å². The molecule has 0 atom stereocenters. The molecular weight excluding hydrogens is 208 g/mol. The number of rotatable bonds is 3. The lowest BCUT2D eigenvalue weighted by molar-refractivity contribution is 0.469. The quantitative estimate of drug-likeness (QED) is 0.823. The van der Waals surface area contributed by atoms with Crippen LogP contribution in [0.25, 0.3) is 0 Å². The third-order valence-electron chi connectivity index (χ3n) is 2.95. The second-order valence-corrected chi connectivity index (χ2v) is 4.45. The van der Waals surface area contributed by atoms with E-state index in [1.807, 2.05) is 19.1 Å². The smallest absolute Gasteiger partial charge is 0.119 e. The molecule has 0 radical (unpaired) electrons. The highest BCUT2D eigenvalue weighted by Crippen LogP contribution is 2.20.